The van der Waals surface area contributed by atoms with E-state index in [2.05, 4.69) is 34.6 Å². The number of carbonyl (C=O) groups excluding carboxylic acids is 1. The van der Waals surface area contributed by atoms with Gasteiger partial charge in [0.25, 0.3) is 0 Å². The van der Waals surface area contributed by atoms with Crippen LogP contribution in [0.2, 0.25) is 0 Å². The van der Waals surface area contributed by atoms with Crippen LogP contribution in [0, 0.1) is 23.2 Å². The van der Waals surface area contributed by atoms with Crippen LogP contribution < -0.4 is 0 Å². The maximum atomic E-state index is 13.2. The average Bonchev–Trinajstić information content (AvgIpc) is 2.68. The van der Waals surface area contributed by atoms with Crippen molar-refractivity contribution in [2.24, 2.45) is 23.2 Å². The second-order valence-electron chi connectivity index (χ2n) is 10.1. The Morgan fingerprint density at radius 2 is 1.44 bits per heavy atom. The summed E-state index contributed by atoms with van der Waals surface area (Å²) in [5.74, 6) is 2.27. The second kappa shape index (κ2) is 11.0. The molecule has 0 amide bonds. The lowest BCUT2D eigenvalue weighted by molar-refractivity contribution is -0.194. The number of carbonyl (C=O) groups is 1. The monoisotopic (exact) mass is 378 g/mol. The minimum Gasteiger partial charge on any atom is -0.367 e. The van der Waals surface area contributed by atoms with Gasteiger partial charge in [-0.1, -0.05) is 86.0 Å². The maximum Gasteiger partial charge on any atom is 0.167 e. The van der Waals surface area contributed by atoms with Gasteiger partial charge < -0.3 is 4.74 Å². The minimum absolute atomic E-state index is 0.123. The summed E-state index contributed by atoms with van der Waals surface area (Å²) in [4.78, 5) is 13.2. The first kappa shape index (κ1) is 22.9. The van der Waals surface area contributed by atoms with Gasteiger partial charge in [0.2, 0.25) is 0 Å². The fourth-order valence-electron chi connectivity index (χ4n) is 5.30. The Hall–Kier alpha value is -0.370. The van der Waals surface area contributed by atoms with Crippen molar-refractivity contribution in [1.29, 1.82) is 0 Å². The molecule has 2 nitrogen and oxygen atoms in total. The van der Waals surface area contributed by atoms with E-state index >= 15 is 0 Å². The molecule has 0 aromatic carbocycles. The lowest BCUT2D eigenvalue weighted by Crippen LogP contribution is -2.56. The van der Waals surface area contributed by atoms with Gasteiger partial charge >= 0.3 is 0 Å². The molecule has 158 valence electrons. The van der Waals surface area contributed by atoms with E-state index in [1.54, 1.807) is 0 Å². The molecular weight excluding hydrogens is 332 g/mol. The molecule has 3 aliphatic rings. The molecule has 2 heteroatoms. The van der Waals surface area contributed by atoms with Gasteiger partial charge in [-0.3, -0.25) is 4.79 Å². The molecule has 2 bridgehead atoms. The zero-order valence-corrected chi connectivity index (χ0v) is 18.9. The smallest absolute Gasteiger partial charge is 0.167 e. The third-order valence-corrected chi connectivity index (χ3v) is 7.62. The van der Waals surface area contributed by atoms with Crippen LogP contribution in [0.25, 0.3) is 0 Å². The summed E-state index contributed by atoms with van der Waals surface area (Å²) >= 11 is 0. The van der Waals surface area contributed by atoms with Crippen molar-refractivity contribution in [3.05, 3.63) is 0 Å². The highest BCUT2D eigenvalue weighted by Crippen LogP contribution is 2.49. The SMILES string of the molecule is CCCCCCC1CC2C(CCCCCC)CC1OC2C(=O)C(C)(C)CC. The fraction of sp³-hybridized carbons (Fsp3) is 0.960. The summed E-state index contributed by atoms with van der Waals surface area (Å²) < 4.78 is 6.51. The van der Waals surface area contributed by atoms with E-state index in [4.69, 9.17) is 4.74 Å². The third-order valence-electron chi connectivity index (χ3n) is 7.62. The number of fused-ring (bicyclic) bond motifs is 3. The quantitative estimate of drug-likeness (QED) is 0.313. The maximum absolute atomic E-state index is 13.2. The molecule has 0 N–H and O–H groups in total. The summed E-state index contributed by atoms with van der Waals surface area (Å²) in [5.41, 5.74) is -0.245. The van der Waals surface area contributed by atoms with Gasteiger partial charge in [-0.25, -0.2) is 0 Å². The van der Waals surface area contributed by atoms with E-state index in [0.717, 1.165) is 6.42 Å². The van der Waals surface area contributed by atoms with Crippen LogP contribution in [-0.2, 0) is 9.53 Å². The molecule has 0 aromatic heterocycles. The molecule has 5 unspecified atom stereocenters. The molecule has 1 saturated carbocycles. The van der Waals surface area contributed by atoms with Gasteiger partial charge in [0.15, 0.2) is 5.78 Å². The molecule has 0 spiro atoms. The van der Waals surface area contributed by atoms with Crippen LogP contribution >= 0.6 is 0 Å². The summed E-state index contributed by atoms with van der Waals surface area (Å²) in [6.07, 6.45) is 16.9. The molecule has 27 heavy (non-hydrogen) atoms. The molecule has 2 aliphatic heterocycles. The van der Waals surface area contributed by atoms with Gasteiger partial charge in [-0.05, 0) is 49.9 Å². The van der Waals surface area contributed by atoms with Crippen LogP contribution in [0.4, 0.5) is 0 Å². The Kier molecular flexibility index (Phi) is 9.32. The summed E-state index contributed by atoms with van der Waals surface area (Å²) in [5, 5.41) is 0. The number of ether oxygens (including phenoxy) is 1. The zero-order chi connectivity index (χ0) is 19.9. The van der Waals surface area contributed by atoms with Crippen molar-refractivity contribution in [2.75, 3.05) is 0 Å². The van der Waals surface area contributed by atoms with E-state index in [9.17, 15) is 4.79 Å². The normalized spacial score (nSPS) is 30.6. The summed E-state index contributed by atoms with van der Waals surface area (Å²) in [6.45, 7) is 10.9. The summed E-state index contributed by atoms with van der Waals surface area (Å²) in [7, 11) is 0. The molecule has 5 atom stereocenters. The third kappa shape index (κ3) is 6.05. The predicted molar refractivity (Wildman–Crippen MR) is 115 cm³/mol. The van der Waals surface area contributed by atoms with E-state index in [1.165, 1.54) is 77.0 Å². The largest absolute Gasteiger partial charge is 0.367 e. The van der Waals surface area contributed by atoms with E-state index in [0.29, 0.717) is 29.6 Å². The first-order valence-electron chi connectivity index (χ1n) is 12.1. The number of hydrogen-bond acceptors (Lipinski definition) is 2. The van der Waals surface area contributed by atoms with Crippen molar-refractivity contribution < 1.29 is 9.53 Å². The number of Topliss-reactive ketones (excluding diaryl/α,β-unsaturated/α-hetero) is 1. The molecule has 2 saturated heterocycles. The predicted octanol–water partition coefficient (Wildman–Crippen LogP) is 7.34. The van der Waals surface area contributed by atoms with Crippen LogP contribution in [0.5, 0.6) is 0 Å². The standard InChI is InChI=1S/C25H46O2/c1-6-9-11-13-15-19-18-22-20(16-14-12-10-7-2)17-21(19)23(27-22)24(26)25(4,5)8-3/h19-23H,6-18H2,1-5H3. The van der Waals surface area contributed by atoms with E-state index in [-0.39, 0.29) is 11.5 Å². The second-order valence-corrected chi connectivity index (χ2v) is 10.1. The van der Waals surface area contributed by atoms with E-state index in [1.807, 2.05) is 0 Å². The molecule has 0 aromatic rings. The number of unbranched alkanes of at least 4 members (excludes halogenated alkanes) is 6. The first-order valence-corrected chi connectivity index (χ1v) is 12.1. The molecule has 3 fully saturated rings. The van der Waals surface area contributed by atoms with Crippen molar-refractivity contribution in [3.63, 3.8) is 0 Å². The molecule has 2 heterocycles. The van der Waals surface area contributed by atoms with Gasteiger partial charge in [0, 0.05) is 5.41 Å². The molecule has 1 aliphatic carbocycles. The van der Waals surface area contributed by atoms with Gasteiger partial charge in [-0.15, -0.1) is 0 Å². The van der Waals surface area contributed by atoms with Crippen LogP contribution in [0.3, 0.4) is 0 Å². The number of rotatable bonds is 13. The molecule has 0 radical (unpaired) electrons. The van der Waals surface area contributed by atoms with Crippen molar-refractivity contribution in [2.45, 2.75) is 130 Å². The summed E-state index contributed by atoms with van der Waals surface area (Å²) in [6, 6.07) is 0. The lowest BCUT2D eigenvalue weighted by Gasteiger charge is -2.52. The Morgan fingerprint density at radius 3 is 1.96 bits per heavy atom. The van der Waals surface area contributed by atoms with Crippen molar-refractivity contribution in [3.8, 4) is 0 Å². The average molecular weight is 379 g/mol. The Bertz CT molecular complexity index is 442. The van der Waals surface area contributed by atoms with Crippen molar-refractivity contribution >= 4 is 5.78 Å². The number of hydrogen-bond donors (Lipinski definition) is 0. The lowest BCUT2D eigenvalue weighted by atomic mass is 9.62. The van der Waals surface area contributed by atoms with Gasteiger partial charge in [-0.2, -0.15) is 0 Å². The first-order chi connectivity index (χ1) is 12.9. The van der Waals surface area contributed by atoms with Gasteiger partial charge in [0.1, 0.15) is 6.10 Å². The fourth-order valence-corrected chi connectivity index (χ4v) is 5.30. The molecular formula is C25H46O2. The van der Waals surface area contributed by atoms with Crippen molar-refractivity contribution in [1.82, 2.24) is 0 Å². The molecule has 3 rings (SSSR count). The van der Waals surface area contributed by atoms with E-state index < -0.39 is 0 Å². The zero-order valence-electron chi connectivity index (χ0n) is 18.9. The highest BCUT2D eigenvalue weighted by molar-refractivity contribution is 5.88. The van der Waals surface area contributed by atoms with Crippen LogP contribution in [0.1, 0.15) is 118 Å². The topological polar surface area (TPSA) is 26.3 Å². The Morgan fingerprint density at radius 1 is 0.852 bits per heavy atom. The van der Waals surface area contributed by atoms with Gasteiger partial charge in [0.05, 0.1) is 6.10 Å². The Balaban J connectivity index is 2.00. The van der Waals surface area contributed by atoms with Crippen LogP contribution in [-0.4, -0.2) is 18.0 Å². The highest BCUT2D eigenvalue weighted by atomic mass is 16.5. The van der Waals surface area contributed by atoms with Crippen LogP contribution in [0.15, 0.2) is 0 Å². The minimum atomic E-state index is -0.245. The highest BCUT2D eigenvalue weighted by Gasteiger charge is 2.51. The number of ketones is 1. The Labute approximate surface area is 169 Å².